The van der Waals surface area contributed by atoms with Crippen molar-refractivity contribution in [3.63, 3.8) is 0 Å². The molecule has 0 amide bonds. The van der Waals surface area contributed by atoms with Crippen molar-refractivity contribution in [3.05, 3.63) is 23.3 Å². The molecule has 1 aromatic rings. The summed E-state index contributed by atoms with van der Waals surface area (Å²) in [7, 11) is 2.60. The van der Waals surface area contributed by atoms with Gasteiger partial charge in [-0.15, -0.1) is 0 Å². The fraction of sp³-hybridized carbons (Fsp3) is 0.455. The molecule has 7 heteroatoms. The lowest BCUT2D eigenvalue weighted by molar-refractivity contribution is -0.138. The van der Waals surface area contributed by atoms with Crippen LogP contribution in [0.25, 0.3) is 0 Å². The number of aromatic hydroxyl groups is 1. The lowest BCUT2D eigenvalue weighted by Crippen LogP contribution is -2.17. The van der Waals surface area contributed by atoms with E-state index in [0.29, 0.717) is 0 Å². The Morgan fingerprint density at radius 1 is 1.39 bits per heavy atom. The number of ether oxygens (including phenoxy) is 1. The molecule has 0 heterocycles. The molecule has 1 aromatic carbocycles. The Balaban J connectivity index is 3.29. The smallest absolute Gasteiger partial charge is 0.420 e. The number of halogens is 3. The van der Waals surface area contributed by atoms with Gasteiger partial charge in [0.1, 0.15) is 5.56 Å². The Labute approximate surface area is 102 Å². The zero-order valence-electron chi connectivity index (χ0n) is 9.88. The standard InChI is InChI=1S/C11H14F3NO3/c1-15-5-8(16)6-3-4-7(11(12,13)14)10(18-2)9(6)17/h3-4,8,15-17H,5H2,1-2H3. The molecule has 0 bridgehead atoms. The van der Waals surface area contributed by atoms with Crippen molar-refractivity contribution in [3.8, 4) is 11.5 Å². The van der Waals surface area contributed by atoms with E-state index in [1.54, 1.807) is 7.05 Å². The molecular weight excluding hydrogens is 251 g/mol. The molecule has 102 valence electrons. The van der Waals surface area contributed by atoms with Gasteiger partial charge in [-0.1, -0.05) is 6.07 Å². The average molecular weight is 265 g/mol. The lowest BCUT2D eigenvalue weighted by Gasteiger charge is -2.18. The van der Waals surface area contributed by atoms with Crippen LogP contribution in [-0.2, 0) is 6.18 Å². The molecule has 4 nitrogen and oxygen atoms in total. The van der Waals surface area contributed by atoms with Crippen LogP contribution >= 0.6 is 0 Å². The van der Waals surface area contributed by atoms with Gasteiger partial charge in [-0.2, -0.15) is 13.2 Å². The number of aliphatic hydroxyl groups is 1. The quantitative estimate of drug-likeness (QED) is 0.775. The maximum Gasteiger partial charge on any atom is 0.420 e. The van der Waals surface area contributed by atoms with Gasteiger partial charge in [0, 0.05) is 12.1 Å². The van der Waals surface area contributed by atoms with E-state index in [4.69, 9.17) is 0 Å². The Morgan fingerprint density at radius 3 is 2.44 bits per heavy atom. The molecule has 0 saturated heterocycles. The molecule has 3 N–H and O–H groups in total. The van der Waals surface area contributed by atoms with E-state index in [0.717, 1.165) is 19.2 Å². The van der Waals surface area contributed by atoms with Gasteiger partial charge in [0.2, 0.25) is 0 Å². The van der Waals surface area contributed by atoms with Gasteiger partial charge in [-0.05, 0) is 13.1 Å². The van der Waals surface area contributed by atoms with Crippen LogP contribution in [0.5, 0.6) is 11.5 Å². The van der Waals surface area contributed by atoms with E-state index in [2.05, 4.69) is 10.1 Å². The minimum atomic E-state index is -4.63. The van der Waals surface area contributed by atoms with Gasteiger partial charge in [0.25, 0.3) is 0 Å². The highest BCUT2D eigenvalue weighted by atomic mass is 19.4. The number of benzene rings is 1. The summed E-state index contributed by atoms with van der Waals surface area (Å²) in [6.07, 6.45) is -5.75. The molecule has 1 atom stereocenters. The molecule has 0 fully saturated rings. The number of likely N-dealkylation sites (N-methyl/N-ethyl adjacent to an activating group) is 1. The van der Waals surface area contributed by atoms with Gasteiger partial charge in [-0.3, -0.25) is 0 Å². The third-order valence-electron chi connectivity index (χ3n) is 2.43. The fourth-order valence-electron chi connectivity index (χ4n) is 1.59. The molecule has 0 radical (unpaired) electrons. The topological polar surface area (TPSA) is 61.7 Å². The van der Waals surface area contributed by atoms with Gasteiger partial charge in [0.15, 0.2) is 11.5 Å². The summed E-state index contributed by atoms with van der Waals surface area (Å²) in [5, 5.41) is 22.0. The normalized spacial score (nSPS) is 13.4. The van der Waals surface area contributed by atoms with Crippen LogP contribution in [0.4, 0.5) is 13.2 Å². The predicted molar refractivity (Wildman–Crippen MR) is 58.5 cm³/mol. The number of hydrogen-bond donors (Lipinski definition) is 3. The van der Waals surface area contributed by atoms with E-state index < -0.39 is 29.3 Å². The number of hydrogen-bond acceptors (Lipinski definition) is 4. The Kier molecular flexibility index (Phi) is 4.42. The fourth-order valence-corrected chi connectivity index (χ4v) is 1.59. The minimum absolute atomic E-state index is 0.0193. The highest BCUT2D eigenvalue weighted by molar-refractivity contribution is 5.53. The van der Waals surface area contributed by atoms with Crippen molar-refractivity contribution in [1.82, 2.24) is 5.32 Å². The van der Waals surface area contributed by atoms with E-state index in [9.17, 15) is 23.4 Å². The average Bonchev–Trinajstić information content (AvgIpc) is 2.27. The summed E-state index contributed by atoms with van der Waals surface area (Å²) in [5.41, 5.74) is -1.10. The second-order valence-corrected chi connectivity index (χ2v) is 3.66. The maximum absolute atomic E-state index is 12.6. The molecule has 18 heavy (non-hydrogen) atoms. The SMILES string of the molecule is CNCC(O)c1ccc(C(F)(F)F)c(OC)c1O. The number of methoxy groups -OCH3 is 1. The minimum Gasteiger partial charge on any atom is -0.504 e. The van der Waals surface area contributed by atoms with E-state index >= 15 is 0 Å². The van der Waals surface area contributed by atoms with Crippen LogP contribution in [-0.4, -0.2) is 30.9 Å². The summed E-state index contributed by atoms with van der Waals surface area (Å²) < 4.78 is 42.5. The third-order valence-corrected chi connectivity index (χ3v) is 2.43. The molecular formula is C11H14F3NO3. The van der Waals surface area contributed by atoms with Gasteiger partial charge < -0.3 is 20.3 Å². The van der Waals surface area contributed by atoms with E-state index in [-0.39, 0.29) is 12.1 Å². The molecule has 0 spiro atoms. The van der Waals surface area contributed by atoms with E-state index in [1.807, 2.05) is 0 Å². The molecule has 0 aliphatic carbocycles. The largest absolute Gasteiger partial charge is 0.504 e. The molecule has 0 saturated carbocycles. The number of phenols is 1. The molecule has 0 aliphatic heterocycles. The Bertz CT molecular complexity index is 421. The highest BCUT2D eigenvalue weighted by Gasteiger charge is 2.36. The summed E-state index contributed by atoms with van der Waals surface area (Å²) in [4.78, 5) is 0. The monoisotopic (exact) mass is 265 g/mol. The first-order valence-electron chi connectivity index (χ1n) is 5.12. The van der Waals surface area contributed by atoms with Crippen LogP contribution < -0.4 is 10.1 Å². The highest BCUT2D eigenvalue weighted by Crippen LogP contribution is 2.44. The molecule has 1 unspecified atom stereocenters. The summed E-state index contributed by atoms with van der Waals surface area (Å²) in [5.74, 6) is -1.38. The van der Waals surface area contributed by atoms with Crippen molar-refractivity contribution >= 4 is 0 Å². The third kappa shape index (κ3) is 2.85. The Hall–Kier alpha value is -1.47. The van der Waals surface area contributed by atoms with Crippen molar-refractivity contribution in [2.75, 3.05) is 20.7 Å². The van der Waals surface area contributed by atoms with E-state index in [1.165, 1.54) is 0 Å². The molecule has 0 aliphatic rings. The maximum atomic E-state index is 12.6. The predicted octanol–water partition coefficient (Wildman–Crippen LogP) is 1.67. The zero-order chi connectivity index (χ0) is 13.9. The zero-order valence-corrected chi connectivity index (χ0v) is 9.88. The van der Waals surface area contributed by atoms with Crippen LogP contribution in [0.2, 0.25) is 0 Å². The van der Waals surface area contributed by atoms with Crippen LogP contribution in [0.3, 0.4) is 0 Å². The van der Waals surface area contributed by atoms with Crippen LogP contribution in [0, 0.1) is 0 Å². The summed E-state index contributed by atoms with van der Waals surface area (Å²) in [6.45, 7) is 0.0993. The molecule has 1 rings (SSSR count). The second-order valence-electron chi connectivity index (χ2n) is 3.66. The van der Waals surface area contributed by atoms with Gasteiger partial charge in [0.05, 0.1) is 13.2 Å². The molecule has 0 aromatic heterocycles. The number of nitrogens with one attached hydrogen (secondary N) is 1. The number of phenolic OH excluding ortho intramolecular Hbond substituents is 1. The Morgan fingerprint density at radius 2 is 2.00 bits per heavy atom. The second kappa shape index (κ2) is 5.45. The van der Waals surface area contributed by atoms with Crippen molar-refractivity contribution in [2.45, 2.75) is 12.3 Å². The van der Waals surface area contributed by atoms with Crippen LogP contribution in [0.1, 0.15) is 17.2 Å². The summed E-state index contributed by atoms with van der Waals surface area (Å²) in [6, 6.07) is 1.80. The first kappa shape index (κ1) is 14.6. The number of aliphatic hydroxyl groups excluding tert-OH is 1. The van der Waals surface area contributed by atoms with Crippen molar-refractivity contribution in [2.24, 2.45) is 0 Å². The van der Waals surface area contributed by atoms with Crippen molar-refractivity contribution < 1.29 is 28.1 Å². The van der Waals surface area contributed by atoms with Gasteiger partial charge >= 0.3 is 6.18 Å². The van der Waals surface area contributed by atoms with Crippen molar-refractivity contribution in [1.29, 1.82) is 0 Å². The first-order chi connectivity index (χ1) is 8.32. The first-order valence-corrected chi connectivity index (χ1v) is 5.12. The van der Waals surface area contributed by atoms with Crippen LogP contribution in [0.15, 0.2) is 12.1 Å². The summed E-state index contributed by atoms with van der Waals surface area (Å²) >= 11 is 0. The number of rotatable bonds is 4. The van der Waals surface area contributed by atoms with Gasteiger partial charge in [-0.25, -0.2) is 0 Å². The number of alkyl halides is 3. The lowest BCUT2D eigenvalue weighted by atomic mass is 10.0.